The minimum Gasteiger partial charge on any atom is -0.383 e. The quantitative estimate of drug-likeness (QED) is 0.799. The molecule has 2 aliphatic heterocycles. The zero-order chi connectivity index (χ0) is 13.8. The second-order valence-electron chi connectivity index (χ2n) is 5.92. The van der Waals surface area contributed by atoms with Crippen molar-refractivity contribution < 1.29 is 4.74 Å². The maximum Gasteiger partial charge on any atom is 0.0951 e. The molecular formula is C15H26N4O. The van der Waals surface area contributed by atoms with E-state index in [4.69, 9.17) is 4.74 Å². The Balaban J connectivity index is 1.63. The molecule has 20 heavy (non-hydrogen) atoms. The van der Waals surface area contributed by atoms with Crippen LogP contribution >= 0.6 is 0 Å². The number of hydrogen-bond donors (Lipinski definition) is 1. The van der Waals surface area contributed by atoms with E-state index in [2.05, 4.69) is 19.8 Å². The highest BCUT2D eigenvalue weighted by Crippen LogP contribution is 2.35. The molecular weight excluding hydrogens is 252 g/mol. The van der Waals surface area contributed by atoms with Crippen LogP contribution in [0.15, 0.2) is 12.5 Å². The molecule has 0 bridgehead atoms. The van der Waals surface area contributed by atoms with Gasteiger partial charge in [0.25, 0.3) is 0 Å². The molecule has 3 heterocycles. The van der Waals surface area contributed by atoms with Crippen LogP contribution in [0.1, 0.15) is 37.4 Å². The monoisotopic (exact) mass is 278 g/mol. The van der Waals surface area contributed by atoms with Gasteiger partial charge in [0.15, 0.2) is 0 Å². The summed E-state index contributed by atoms with van der Waals surface area (Å²) in [6.07, 6.45) is 9.40. The number of piperidine rings is 1. The summed E-state index contributed by atoms with van der Waals surface area (Å²) in [6, 6.07) is 1.35. The van der Waals surface area contributed by atoms with Gasteiger partial charge in [0.05, 0.1) is 24.7 Å². The number of methoxy groups -OCH3 is 1. The summed E-state index contributed by atoms with van der Waals surface area (Å²) in [7, 11) is 1.74. The first-order valence-corrected chi connectivity index (χ1v) is 7.84. The molecule has 2 fully saturated rings. The first-order valence-electron chi connectivity index (χ1n) is 7.84. The molecule has 1 aromatic heterocycles. The van der Waals surface area contributed by atoms with E-state index < -0.39 is 0 Å². The predicted molar refractivity (Wildman–Crippen MR) is 78.7 cm³/mol. The van der Waals surface area contributed by atoms with Gasteiger partial charge in [-0.3, -0.25) is 4.90 Å². The molecule has 2 saturated heterocycles. The highest BCUT2D eigenvalue weighted by molar-refractivity contribution is 5.05. The summed E-state index contributed by atoms with van der Waals surface area (Å²) in [5.41, 5.74) is 1.30. The number of ether oxygens (including phenoxy) is 1. The molecule has 1 N–H and O–H groups in total. The first kappa shape index (κ1) is 14.0. The summed E-state index contributed by atoms with van der Waals surface area (Å²) in [5.74, 6) is 0. The van der Waals surface area contributed by atoms with E-state index in [1.54, 1.807) is 7.11 Å². The molecule has 112 valence electrons. The summed E-state index contributed by atoms with van der Waals surface area (Å²) in [6.45, 7) is 5.07. The molecule has 0 aromatic carbocycles. The van der Waals surface area contributed by atoms with Crippen molar-refractivity contribution in [2.24, 2.45) is 0 Å². The normalized spacial score (nSPS) is 26.9. The second-order valence-corrected chi connectivity index (χ2v) is 5.92. The molecule has 2 aliphatic rings. The fraction of sp³-hybridized carbons (Fsp3) is 0.800. The van der Waals surface area contributed by atoms with Crippen LogP contribution in [0.2, 0.25) is 0 Å². The smallest absolute Gasteiger partial charge is 0.0951 e. The van der Waals surface area contributed by atoms with Crippen LogP contribution in [0, 0.1) is 0 Å². The van der Waals surface area contributed by atoms with Crippen LogP contribution in [-0.2, 0) is 11.3 Å². The lowest BCUT2D eigenvalue weighted by atomic mass is 9.99. The zero-order valence-electron chi connectivity index (χ0n) is 12.4. The Bertz CT molecular complexity index is 420. The highest BCUT2D eigenvalue weighted by Gasteiger charge is 2.36. The highest BCUT2D eigenvalue weighted by atomic mass is 16.5. The molecule has 2 unspecified atom stereocenters. The third-order valence-corrected chi connectivity index (χ3v) is 4.71. The van der Waals surface area contributed by atoms with Gasteiger partial charge in [0.1, 0.15) is 0 Å². The van der Waals surface area contributed by atoms with Gasteiger partial charge in [-0.2, -0.15) is 0 Å². The standard InChI is InChI=1S/C15H26N4O/c1-20-9-6-16-10-13-11-17-12-19(13)15-5-8-18-7-3-2-4-14(15)18/h11-12,14-16H,2-10H2,1H3. The lowest BCUT2D eigenvalue weighted by Gasteiger charge is -2.33. The van der Waals surface area contributed by atoms with E-state index in [0.717, 1.165) is 25.7 Å². The van der Waals surface area contributed by atoms with Gasteiger partial charge < -0.3 is 14.6 Å². The molecule has 0 spiro atoms. The minimum atomic E-state index is 0.622. The SMILES string of the molecule is COCCNCc1cncn1C1CCN2CCCCC12. The fourth-order valence-corrected chi connectivity index (χ4v) is 3.70. The molecule has 0 radical (unpaired) electrons. The number of nitrogens with zero attached hydrogens (tertiary/aromatic N) is 3. The Morgan fingerprint density at radius 1 is 1.30 bits per heavy atom. The van der Waals surface area contributed by atoms with E-state index in [1.807, 2.05) is 12.5 Å². The van der Waals surface area contributed by atoms with Crippen LogP contribution in [0.4, 0.5) is 0 Å². The van der Waals surface area contributed by atoms with Crippen molar-refractivity contribution in [2.75, 3.05) is 33.4 Å². The second kappa shape index (κ2) is 6.70. The fourth-order valence-electron chi connectivity index (χ4n) is 3.70. The Labute approximate surface area is 121 Å². The largest absolute Gasteiger partial charge is 0.383 e. The third kappa shape index (κ3) is 2.90. The lowest BCUT2D eigenvalue weighted by Crippen LogP contribution is -2.38. The van der Waals surface area contributed by atoms with E-state index in [-0.39, 0.29) is 0 Å². The number of fused-ring (bicyclic) bond motifs is 1. The summed E-state index contributed by atoms with van der Waals surface area (Å²) in [4.78, 5) is 7.05. The van der Waals surface area contributed by atoms with Crippen LogP contribution in [0.5, 0.6) is 0 Å². The Morgan fingerprint density at radius 3 is 3.15 bits per heavy atom. The van der Waals surface area contributed by atoms with E-state index in [1.165, 1.54) is 44.5 Å². The van der Waals surface area contributed by atoms with Gasteiger partial charge in [-0.25, -0.2) is 4.98 Å². The minimum absolute atomic E-state index is 0.622. The molecule has 1 aromatic rings. The van der Waals surface area contributed by atoms with Gasteiger partial charge in [0.2, 0.25) is 0 Å². The molecule has 5 nitrogen and oxygen atoms in total. The average Bonchev–Trinajstić information content (AvgIpc) is 3.09. The summed E-state index contributed by atoms with van der Waals surface area (Å²) in [5, 5.41) is 3.43. The van der Waals surface area contributed by atoms with Crippen molar-refractivity contribution in [3.63, 3.8) is 0 Å². The van der Waals surface area contributed by atoms with Crippen molar-refractivity contribution >= 4 is 0 Å². The topological polar surface area (TPSA) is 42.3 Å². The molecule has 3 rings (SSSR count). The number of hydrogen-bond acceptors (Lipinski definition) is 4. The van der Waals surface area contributed by atoms with E-state index in [0.29, 0.717) is 6.04 Å². The number of rotatable bonds is 6. The lowest BCUT2D eigenvalue weighted by molar-refractivity contribution is 0.172. The van der Waals surface area contributed by atoms with E-state index >= 15 is 0 Å². The summed E-state index contributed by atoms with van der Waals surface area (Å²) < 4.78 is 7.48. The van der Waals surface area contributed by atoms with Crippen molar-refractivity contribution in [3.8, 4) is 0 Å². The van der Waals surface area contributed by atoms with Gasteiger partial charge in [-0.05, 0) is 25.8 Å². The first-order chi connectivity index (χ1) is 9.90. The number of nitrogens with one attached hydrogen (secondary N) is 1. The molecule has 5 heteroatoms. The van der Waals surface area contributed by atoms with Crippen LogP contribution in [-0.4, -0.2) is 53.8 Å². The van der Waals surface area contributed by atoms with Gasteiger partial charge in [-0.15, -0.1) is 0 Å². The van der Waals surface area contributed by atoms with Crippen LogP contribution in [0.25, 0.3) is 0 Å². The Morgan fingerprint density at radius 2 is 2.25 bits per heavy atom. The third-order valence-electron chi connectivity index (χ3n) is 4.71. The number of aromatic nitrogens is 2. The van der Waals surface area contributed by atoms with Crippen molar-refractivity contribution in [3.05, 3.63) is 18.2 Å². The summed E-state index contributed by atoms with van der Waals surface area (Å²) >= 11 is 0. The predicted octanol–water partition coefficient (Wildman–Crippen LogP) is 1.42. The molecule has 0 amide bonds. The van der Waals surface area contributed by atoms with Gasteiger partial charge in [-0.1, -0.05) is 6.42 Å². The Kier molecular flexibility index (Phi) is 4.70. The maximum atomic E-state index is 5.07. The Hall–Kier alpha value is -0.910. The maximum absolute atomic E-state index is 5.07. The van der Waals surface area contributed by atoms with Crippen molar-refractivity contribution in [2.45, 2.75) is 44.3 Å². The van der Waals surface area contributed by atoms with Gasteiger partial charge in [0, 0.05) is 39.0 Å². The zero-order valence-corrected chi connectivity index (χ0v) is 12.4. The molecule has 0 saturated carbocycles. The van der Waals surface area contributed by atoms with Crippen LogP contribution in [0.3, 0.4) is 0 Å². The molecule has 2 atom stereocenters. The van der Waals surface area contributed by atoms with Gasteiger partial charge >= 0.3 is 0 Å². The van der Waals surface area contributed by atoms with Crippen molar-refractivity contribution in [1.29, 1.82) is 0 Å². The van der Waals surface area contributed by atoms with E-state index in [9.17, 15) is 0 Å². The molecule has 0 aliphatic carbocycles. The number of imidazole rings is 1. The average molecular weight is 278 g/mol. The van der Waals surface area contributed by atoms with Crippen molar-refractivity contribution in [1.82, 2.24) is 19.8 Å². The van der Waals surface area contributed by atoms with Crippen LogP contribution < -0.4 is 5.32 Å².